The van der Waals surface area contributed by atoms with Crippen LogP contribution < -0.4 is 0 Å². The van der Waals surface area contributed by atoms with Gasteiger partial charge in [-0.2, -0.15) is 0 Å². The number of carbonyl (C=O) groups excluding carboxylic acids is 1. The molecule has 0 bridgehead atoms. The Morgan fingerprint density at radius 2 is 2.13 bits per heavy atom. The highest BCUT2D eigenvalue weighted by Crippen LogP contribution is 2.23. The van der Waals surface area contributed by atoms with Gasteiger partial charge in [0, 0.05) is 18.1 Å². The minimum absolute atomic E-state index is 0.0487. The average Bonchev–Trinajstić information content (AvgIpc) is 2.15. The molecule has 0 aliphatic carbocycles. The van der Waals surface area contributed by atoms with Crippen molar-refractivity contribution in [3.8, 4) is 0 Å². The maximum absolute atomic E-state index is 10.8. The van der Waals surface area contributed by atoms with Crippen molar-refractivity contribution in [2.75, 3.05) is 0 Å². The summed E-state index contributed by atoms with van der Waals surface area (Å²) in [7, 11) is 0. The van der Waals surface area contributed by atoms with Crippen molar-refractivity contribution in [3.63, 3.8) is 0 Å². The van der Waals surface area contributed by atoms with E-state index in [1.54, 1.807) is 6.07 Å². The first-order chi connectivity index (χ1) is 7.02. The normalized spacial score (nSPS) is 10.0. The highest BCUT2D eigenvalue weighted by molar-refractivity contribution is 5.76. The number of ketones is 1. The smallest absolute Gasteiger partial charge is 0.272 e. The Morgan fingerprint density at radius 1 is 1.47 bits per heavy atom. The fourth-order valence-electron chi connectivity index (χ4n) is 1.48. The minimum Gasteiger partial charge on any atom is -0.300 e. The van der Waals surface area contributed by atoms with E-state index in [1.165, 1.54) is 13.0 Å². The monoisotopic (exact) mass is 207 g/mol. The van der Waals surface area contributed by atoms with Gasteiger partial charge in [-0.05, 0) is 25.8 Å². The largest absolute Gasteiger partial charge is 0.300 e. The molecular formula is C11H13NO3. The number of rotatable bonds is 4. The predicted molar refractivity (Wildman–Crippen MR) is 56.8 cm³/mol. The standard InChI is InChI=1S/C11H13NO3/c1-8-4-3-5-11(12(14)15)10(8)7-6-9(2)13/h3-5H,6-7H2,1-2H3. The van der Waals surface area contributed by atoms with Gasteiger partial charge in [0.05, 0.1) is 4.92 Å². The third-order valence-electron chi connectivity index (χ3n) is 2.31. The third kappa shape index (κ3) is 2.87. The van der Waals surface area contributed by atoms with Gasteiger partial charge in [-0.25, -0.2) is 0 Å². The summed E-state index contributed by atoms with van der Waals surface area (Å²) in [5.74, 6) is 0.0487. The van der Waals surface area contributed by atoms with E-state index >= 15 is 0 Å². The van der Waals surface area contributed by atoms with Gasteiger partial charge in [-0.15, -0.1) is 0 Å². The van der Waals surface area contributed by atoms with E-state index in [4.69, 9.17) is 0 Å². The lowest BCUT2D eigenvalue weighted by Crippen LogP contribution is -2.01. The molecule has 0 saturated carbocycles. The molecule has 80 valence electrons. The fraction of sp³-hybridized carbons (Fsp3) is 0.364. The van der Waals surface area contributed by atoms with Crippen molar-refractivity contribution < 1.29 is 9.72 Å². The summed E-state index contributed by atoms with van der Waals surface area (Å²) < 4.78 is 0. The molecule has 4 nitrogen and oxygen atoms in total. The first-order valence-electron chi connectivity index (χ1n) is 4.74. The van der Waals surface area contributed by atoms with Crippen molar-refractivity contribution in [2.24, 2.45) is 0 Å². The van der Waals surface area contributed by atoms with Gasteiger partial charge in [-0.1, -0.05) is 12.1 Å². The summed E-state index contributed by atoms with van der Waals surface area (Å²) in [6.45, 7) is 3.31. The Kier molecular flexibility index (Phi) is 3.55. The Hall–Kier alpha value is -1.71. The van der Waals surface area contributed by atoms with Gasteiger partial charge < -0.3 is 4.79 Å². The van der Waals surface area contributed by atoms with Gasteiger partial charge in [0.25, 0.3) is 5.69 Å². The summed E-state index contributed by atoms with van der Waals surface area (Å²) >= 11 is 0. The first-order valence-corrected chi connectivity index (χ1v) is 4.74. The van der Waals surface area contributed by atoms with Gasteiger partial charge in [0.15, 0.2) is 0 Å². The molecule has 4 heteroatoms. The molecule has 1 rings (SSSR count). The summed E-state index contributed by atoms with van der Waals surface area (Å²) in [6.07, 6.45) is 0.796. The van der Waals surface area contributed by atoms with Gasteiger partial charge in [-0.3, -0.25) is 10.1 Å². The van der Waals surface area contributed by atoms with E-state index in [2.05, 4.69) is 0 Å². The molecule has 15 heavy (non-hydrogen) atoms. The minimum atomic E-state index is -0.400. The van der Waals surface area contributed by atoms with Crippen LogP contribution in [0.5, 0.6) is 0 Å². The van der Waals surface area contributed by atoms with Crippen molar-refractivity contribution in [3.05, 3.63) is 39.4 Å². The van der Waals surface area contributed by atoms with Crippen molar-refractivity contribution in [1.29, 1.82) is 0 Å². The van der Waals surface area contributed by atoms with Crippen LogP contribution >= 0.6 is 0 Å². The number of aryl methyl sites for hydroxylation is 1. The molecule has 0 aliphatic rings. The molecule has 1 aromatic carbocycles. The quantitative estimate of drug-likeness (QED) is 0.562. The molecule has 0 spiro atoms. The molecule has 0 N–H and O–H groups in total. The van der Waals surface area contributed by atoms with Gasteiger partial charge in [0.1, 0.15) is 5.78 Å². The van der Waals surface area contributed by atoms with Crippen LogP contribution in [0, 0.1) is 17.0 Å². The molecule has 0 atom stereocenters. The topological polar surface area (TPSA) is 60.2 Å². The zero-order valence-electron chi connectivity index (χ0n) is 8.82. The second-order valence-electron chi connectivity index (χ2n) is 3.53. The maximum Gasteiger partial charge on any atom is 0.272 e. The number of benzene rings is 1. The number of hydrogen-bond acceptors (Lipinski definition) is 3. The molecule has 1 aromatic rings. The number of Topliss-reactive ketones (excluding diaryl/α,β-unsaturated/α-hetero) is 1. The second-order valence-corrected chi connectivity index (χ2v) is 3.53. The van der Waals surface area contributed by atoms with E-state index in [9.17, 15) is 14.9 Å². The predicted octanol–water partition coefficient (Wildman–Crippen LogP) is 2.42. The Labute approximate surface area is 88.1 Å². The lowest BCUT2D eigenvalue weighted by Gasteiger charge is -2.04. The zero-order valence-corrected chi connectivity index (χ0v) is 8.82. The summed E-state index contributed by atoms with van der Waals surface area (Å²) in [6, 6.07) is 4.95. The summed E-state index contributed by atoms with van der Waals surface area (Å²) in [4.78, 5) is 21.2. The van der Waals surface area contributed by atoms with Crippen LogP contribution in [0.3, 0.4) is 0 Å². The number of nitrogens with zero attached hydrogens (tertiary/aromatic N) is 1. The van der Waals surface area contributed by atoms with Crippen molar-refractivity contribution in [1.82, 2.24) is 0 Å². The Bertz CT molecular complexity index is 399. The van der Waals surface area contributed by atoms with Crippen molar-refractivity contribution in [2.45, 2.75) is 26.7 Å². The summed E-state index contributed by atoms with van der Waals surface area (Å²) in [5.41, 5.74) is 1.64. The van der Waals surface area contributed by atoms with Crippen LogP contribution in [-0.4, -0.2) is 10.7 Å². The number of hydrogen-bond donors (Lipinski definition) is 0. The molecular weight excluding hydrogens is 194 g/mol. The van der Waals surface area contributed by atoms with E-state index in [1.807, 2.05) is 13.0 Å². The van der Waals surface area contributed by atoms with Gasteiger partial charge >= 0.3 is 0 Å². The SMILES string of the molecule is CC(=O)CCc1c(C)cccc1[N+](=O)[O-]. The maximum atomic E-state index is 10.8. The molecule has 0 saturated heterocycles. The molecule has 0 unspecified atom stereocenters. The van der Waals surface area contributed by atoms with Crippen LogP contribution in [0.2, 0.25) is 0 Å². The zero-order chi connectivity index (χ0) is 11.4. The summed E-state index contributed by atoms with van der Waals surface area (Å²) in [5, 5.41) is 10.7. The number of nitro groups is 1. The van der Waals surface area contributed by atoms with Crippen molar-refractivity contribution >= 4 is 11.5 Å². The second kappa shape index (κ2) is 4.68. The van der Waals surface area contributed by atoms with E-state index in [0.717, 1.165) is 5.56 Å². The van der Waals surface area contributed by atoms with Crippen LogP contribution in [0.25, 0.3) is 0 Å². The first kappa shape index (κ1) is 11.4. The molecule has 0 heterocycles. The molecule has 0 amide bonds. The van der Waals surface area contributed by atoms with E-state index < -0.39 is 4.92 Å². The molecule has 0 radical (unpaired) electrons. The van der Waals surface area contributed by atoms with E-state index in [-0.39, 0.29) is 11.5 Å². The molecule has 0 fully saturated rings. The number of carbonyl (C=O) groups is 1. The van der Waals surface area contributed by atoms with Crippen LogP contribution in [-0.2, 0) is 11.2 Å². The van der Waals surface area contributed by atoms with E-state index in [0.29, 0.717) is 18.4 Å². The average molecular weight is 207 g/mol. The third-order valence-corrected chi connectivity index (χ3v) is 2.31. The molecule has 0 aliphatic heterocycles. The van der Waals surface area contributed by atoms with Crippen LogP contribution in [0.1, 0.15) is 24.5 Å². The van der Waals surface area contributed by atoms with Crippen LogP contribution in [0.4, 0.5) is 5.69 Å². The van der Waals surface area contributed by atoms with Crippen LogP contribution in [0.15, 0.2) is 18.2 Å². The lowest BCUT2D eigenvalue weighted by atomic mass is 10.0. The fourth-order valence-corrected chi connectivity index (χ4v) is 1.48. The highest BCUT2D eigenvalue weighted by atomic mass is 16.6. The Morgan fingerprint density at radius 3 is 2.67 bits per heavy atom. The molecule has 0 aromatic heterocycles. The highest BCUT2D eigenvalue weighted by Gasteiger charge is 2.15. The Balaban J connectivity index is 3.02. The van der Waals surface area contributed by atoms with Gasteiger partial charge in [0.2, 0.25) is 0 Å². The lowest BCUT2D eigenvalue weighted by molar-refractivity contribution is -0.385. The number of nitro benzene ring substituents is 1.